The van der Waals surface area contributed by atoms with Crippen molar-refractivity contribution in [1.82, 2.24) is 5.32 Å². The lowest BCUT2D eigenvalue weighted by atomic mass is 9.86. The summed E-state index contributed by atoms with van der Waals surface area (Å²) < 4.78 is 24.3. The van der Waals surface area contributed by atoms with Gasteiger partial charge in [-0.25, -0.2) is 8.42 Å². The predicted octanol–water partition coefficient (Wildman–Crippen LogP) is 3.21. The first-order chi connectivity index (χ1) is 16.7. The van der Waals surface area contributed by atoms with Gasteiger partial charge in [-0.2, -0.15) is 0 Å². The molecule has 0 radical (unpaired) electrons. The largest absolute Gasteiger partial charge is 0.384 e. The second-order valence-corrected chi connectivity index (χ2v) is 10.7. The molecule has 35 heavy (non-hydrogen) atoms. The molecule has 1 amide bonds. The van der Waals surface area contributed by atoms with Crippen molar-refractivity contribution in [1.29, 1.82) is 5.41 Å². The maximum absolute atomic E-state index is 13.5. The number of nitrogens with one attached hydrogen (secondary N) is 4. The molecule has 0 saturated carbocycles. The van der Waals surface area contributed by atoms with Crippen LogP contribution in [-0.2, 0) is 14.6 Å². The van der Waals surface area contributed by atoms with Crippen molar-refractivity contribution < 1.29 is 13.2 Å². The number of anilines is 2. The summed E-state index contributed by atoms with van der Waals surface area (Å²) in [6, 6.07) is 21.2. The minimum absolute atomic E-state index is 0.0324. The molecule has 1 fully saturated rings. The number of sulfone groups is 1. The summed E-state index contributed by atoms with van der Waals surface area (Å²) in [4.78, 5) is 13.8. The second-order valence-electron chi connectivity index (χ2n) is 8.75. The molecule has 0 aliphatic carbocycles. The van der Waals surface area contributed by atoms with Gasteiger partial charge in [0.05, 0.1) is 4.90 Å². The zero-order chi connectivity index (χ0) is 25.1. The van der Waals surface area contributed by atoms with Crippen molar-refractivity contribution in [3.05, 3.63) is 78.4 Å². The Balaban J connectivity index is 1.57. The Hall–Kier alpha value is -3.69. The minimum atomic E-state index is -3.38. The van der Waals surface area contributed by atoms with E-state index in [9.17, 15) is 13.2 Å². The molecule has 1 aliphatic rings. The lowest BCUT2D eigenvalue weighted by Gasteiger charge is -2.38. The quantitative estimate of drug-likeness (QED) is 0.254. The molecule has 8 nitrogen and oxygen atoms in total. The molecule has 3 aromatic rings. The first-order valence-corrected chi connectivity index (χ1v) is 13.2. The number of carbonyl (C=O) groups excluding carboxylic acids is 1. The highest BCUT2D eigenvalue weighted by molar-refractivity contribution is 7.90. The van der Waals surface area contributed by atoms with Gasteiger partial charge in [0.15, 0.2) is 9.84 Å². The highest BCUT2D eigenvalue weighted by Gasteiger charge is 2.39. The minimum Gasteiger partial charge on any atom is -0.384 e. The van der Waals surface area contributed by atoms with Crippen LogP contribution < -0.4 is 21.7 Å². The molecule has 0 aromatic heterocycles. The fraction of sp³-hybridized carbons (Fsp3) is 0.231. The first kappa shape index (κ1) is 24.4. The highest BCUT2D eigenvalue weighted by Crippen LogP contribution is 2.30. The number of piperidine rings is 1. The number of rotatable bonds is 7. The number of amidine groups is 1. The van der Waals surface area contributed by atoms with Gasteiger partial charge in [0, 0.05) is 28.8 Å². The predicted molar refractivity (Wildman–Crippen MR) is 140 cm³/mol. The van der Waals surface area contributed by atoms with Crippen molar-refractivity contribution in [2.75, 3.05) is 30.0 Å². The number of nitrogens with two attached hydrogens (primary N) is 1. The summed E-state index contributed by atoms with van der Waals surface area (Å²) in [6.45, 7) is 1.38. The van der Waals surface area contributed by atoms with Crippen LogP contribution in [0.2, 0.25) is 0 Å². The van der Waals surface area contributed by atoms with Crippen molar-refractivity contribution >= 4 is 33.0 Å². The molecule has 0 unspecified atom stereocenters. The van der Waals surface area contributed by atoms with E-state index in [2.05, 4.69) is 16.0 Å². The summed E-state index contributed by atoms with van der Waals surface area (Å²) in [5.41, 5.74) is 8.10. The van der Waals surface area contributed by atoms with E-state index in [1.54, 1.807) is 66.7 Å². The van der Waals surface area contributed by atoms with Gasteiger partial charge in [-0.1, -0.05) is 42.5 Å². The van der Waals surface area contributed by atoms with E-state index in [-0.39, 0.29) is 16.6 Å². The lowest BCUT2D eigenvalue weighted by Crippen LogP contribution is -2.55. The molecule has 0 atom stereocenters. The van der Waals surface area contributed by atoms with E-state index in [0.717, 1.165) is 11.3 Å². The van der Waals surface area contributed by atoms with Crippen LogP contribution in [0.1, 0.15) is 18.4 Å². The summed E-state index contributed by atoms with van der Waals surface area (Å²) in [7, 11) is -3.38. The van der Waals surface area contributed by atoms with Crippen LogP contribution in [0.15, 0.2) is 77.7 Å². The van der Waals surface area contributed by atoms with Crippen LogP contribution in [-0.4, -0.2) is 45.0 Å². The van der Waals surface area contributed by atoms with Crippen LogP contribution in [0, 0.1) is 5.41 Å². The van der Waals surface area contributed by atoms with Crippen LogP contribution in [0.4, 0.5) is 11.4 Å². The van der Waals surface area contributed by atoms with E-state index in [0.29, 0.717) is 42.7 Å². The van der Waals surface area contributed by atoms with Crippen LogP contribution >= 0.6 is 0 Å². The molecule has 3 aromatic carbocycles. The Morgan fingerprint density at radius 2 is 1.66 bits per heavy atom. The normalized spacial score (nSPS) is 15.2. The second kappa shape index (κ2) is 9.89. The molecular formula is C26H29N5O3S. The molecule has 0 bridgehead atoms. The molecule has 0 spiro atoms. The fourth-order valence-corrected chi connectivity index (χ4v) is 5.23. The highest BCUT2D eigenvalue weighted by atomic mass is 32.2. The number of hydrogen-bond acceptors (Lipinski definition) is 6. The van der Waals surface area contributed by atoms with E-state index in [1.807, 2.05) is 6.07 Å². The van der Waals surface area contributed by atoms with Gasteiger partial charge in [-0.05, 0) is 61.8 Å². The molecule has 1 heterocycles. The van der Waals surface area contributed by atoms with Gasteiger partial charge in [0.25, 0.3) is 0 Å². The Bertz CT molecular complexity index is 1350. The average Bonchev–Trinajstić information content (AvgIpc) is 2.85. The summed E-state index contributed by atoms with van der Waals surface area (Å²) >= 11 is 0. The summed E-state index contributed by atoms with van der Waals surface area (Å²) in [5, 5.41) is 17.4. The Morgan fingerprint density at radius 1 is 0.971 bits per heavy atom. The van der Waals surface area contributed by atoms with Gasteiger partial charge in [-0.3, -0.25) is 10.2 Å². The smallest absolute Gasteiger partial charge is 0.250 e. The fourth-order valence-electron chi connectivity index (χ4n) is 4.32. The van der Waals surface area contributed by atoms with Crippen molar-refractivity contribution in [2.45, 2.75) is 23.3 Å². The summed E-state index contributed by atoms with van der Waals surface area (Å²) in [5.74, 6) is -0.188. The van der Waals surface area contributed by atoms with E-state index in [1.165, 1.54) is 6.26 Å². The molecular weight excluding hydrogens is 462 g/mol. The van der Waals surface area contributed by atoms with E-state index < -0.39 is 15.4 Å². The van der Waals surface area contributed by atoms with Gasteiger partial charge >= 0.3 is 0 Å². The molecule has 9 heteroatoms. The monoisotopic (exact) mass is 491 g/mol. The van der Waals surface area contributed by atoms with E-state index in [4.69, 9.17) is 11.1 Å². The maximum atomic E-state index is 13.5. The van der Waals surface area contributed by atoms with Gasteiger partial charge in [0.2, 0.25) is 5.91 Å². The summed E-state index contributed by atoms with van der Waals surface area (Å²) in [6.07, 6.45) is 2.36. The third-order valence-electron chi connectivity index (χ3n) is 6.19. The molecule has 6 N–H and O–H groups in total. The van der Waals surface area contributed by atoms with Crippen molar-refractivity contribution in [3.63, 3.8) is 0 Å². The molecule has 1 aliphatic heterocycles. The average molecular weight is 492 g/mol. The van der Waals surface area contributed by atoms with Gasteiger partial charge in [-0.15, -0.1) is 0 Å². The molecule has 182 valence electrons. The van der Waals surface area contributed by atoms with Gasteiger partial charge in [0.1, 0.15) is 11.4 Å². The Kier molecular flexibility index (Phi) is 6.90. The van der Waals surface area contributed by atoms with Gasteiger partial charge < -0.3 is 21.7 Å². The number of nitrogen functional groups attached to an aromatic ring is 1. The van der Waals surface area contributed by atoms with E-state index >= 15 is 0 Å². The topological polar surface area (TPSA) is 137 Å². The first-order valence-electron chi connectivity index (χ1n) is 11.3. The SMILES string of the molecule is CS(=O)(=O)c1ccccc1-c1ccc(NC(=O)C2(Nc3cccc(C(=N)N)c3)CCNCC2)cc1. The Morgan fingerprint density at radius 3 is 2.31 bits per heavy atom. The van der Waals surface area contributed by atoms with Crippen molar-refractivity contribution in [3.8, 4) is 11.1 Å². The standard InChI is InChI=1S/C26H29N5O3S/c1-35(33,34)23-8-3-2-7-22(23)18-9-11-20(12-10-18)30-25(32)26(13-15-29-16-14-26)31-21-6-4-5-19(17-21)24(27)28/h2-12,17,29,31H,13-16H2,1H3,(H3,27,28)(H,30,32). The number of benzene rings is 3. The zero-order valence-electron chi connectivity index (χ0n) is 19.5. The van der Waals surface area contributed by atoms with Crippen molar-refractivity contribution in [2.24, 2.45) is 5.73 Å². The number of carbonyl (C=O) groups is 1. The van der Waals surface area contributed by atoms with Crippen LogP contribution in [0.5, 0.6) is 0 Å². The van der Waals surface area contributed by atoms with Crippen LogP contribution in [0.3, 0.4) is 0 Å². The third-order valence-corrected chi connectivity index (χ3v) is 7.34. The number of amides is 1. The third kappa shape index (κ3) is 5.52. The zero-order valence-corrected chi connectivity index (χ0v) is 20.3. The Labute approximate surface area is 205 Å². The lowest BCUT2D eigenvalue weighted by molar-refractivity contribution is -0.121. The molecule has 4 rings (SSSR count). The van der Waals surface area contributed by atoms with Crippen LogP contribution in [0.25, 0.3) is 11.1 Å². The number of hydrogen-bond donors (Lipinski definition) is 5. The molecule has 1 saturated heterocycles. The maximum Gasteiger partial charge on any atom is 0.250 e.